The Hall–Kier alpha value is -1.19. The second-order valence-corrected chi connectivity index (χ2v) is 4.66. The minimum atomic E-state index is -0.732. The van der Waals surface area contributed by atoms with Crippen LogP contribution in [0.2, 0.25) is 0 Å². The Morgan fingerprint density at radius 1 is 1.12 bits per heavy atom. The predicted molar refractivity (Wildman–Crippen MR) is 59.9 cm³/mol. The van der Waals surface area contributed by atoms with E-state index in [-0.39, 0.29) is 0 Å². The summed E-state index contributed by atoms with van der Waals surface area (Å²) in [4.78, 5) is 10.9. The fraction of sp³-hybridized carbons (Fsp3) is 0.462. The Kier molecular flexibility index (Phi) is 2.82. The quantitative estimate of drug-likeness (QED) is 0.716. The summed E-state index contributed by atoms with van der Waals surface area (Å²) in [6.07, 6.45) is 0.900. The van der Waals surface area contributed by atoms with Gasteiger partial charge in [0.2, 0.25) is 0 Å². The number of carbonyl (C=O) groups is 1. The van der Waals surface area contributed by atoms with Crippen LogP contribution < -0.4 is 0 Å². The summed E-state index contributed by atoms with van der Waals surface area (Å²) in [7, 11) is 0. The number of hydrogen-bond donors (Lipinski definition) is 0. The molecule has 86 valence electrons. The highest BCUT2D eigenvalue weighted by Gasteiger charge is 2.40. The van der Waals surface area contributed by atoms with Gasteiger partial charge in [0.25, 0.3) is 0 Å². The molecule has 3 heteroatoms. The molecule has 0 unspecified atom stereocenters. The lowest BCUT2D eigenvalue weighted by atomic mass is 9.93. The predicted octanol–water partition coefficient (Wildman–Crippen LogP) is 2.11. The van der Waals surface area contributed by atoms with E-state index >= 15 is 0 Å². The fourth-order valence-corrected chi connectivity index (χ4v) is 1.66. The fourth-order valence-electron chi connectivity index (χ4n) is 1.66. The topological polar surface area (TPSA) is 35.5 Å². The number of carbonyl (C=O) groups excluding carboxylic acids is 1. The maximum atomic E-state index is 10.9. The normalized spacial score (nSPS) is 34.6. The average Bonchev–Trinajstić information content (AvgIpc) is 2.35. The van der Waals surface area contributed by atoms with E-state index in [0.717, 1.165) is 11.8 Å². The number of hydrogen-bond acceptors (Lipinski definition) is 3. The molecule has 0 bridgehead atoms. The Morgan fingerprint density at radius 3 is 2.19 bits per heavy atom. The molecule has 1 aromatic rings. The second kappa shape index (κ2) is 4.00. The van der Waals surface area contributed by atoms with Crippen LogP contribution in [0.1, 0.15) is 19.4 Å². The molecule has 16 heavy (non-hydrogen) atoms. The lowest BCUT2D eigenvalue weighted by Gasteiger charge is -2.40. The monoisotopic (exact) mass is 220 g/mol. The van der Waals surface area contributed by atoms with Crippen LogP contribution in [0.15, 0.2) is 30.3 Å². The van der Waals surface area contributed by atoms with E-state index < -0.39 is 11.2 Å². The van der Waals surface area contributed by atoms with Gasteiger partial charge in [0, 0.05) is 5.56 Å². The van der Waals surface area contributed by atoms with Gasteiger partial charge >= 0.3 is 0 Å². The van der Waals surface area contributed by atoms with Gasteiger partial charge in [0.15, 0.2) is 5.79 Å². The van der Waals surface area contributed by atoms with E-state index in [1.165, 1.54) is 0 Å². The Labute approximate surface area is 95.4 Å². The first kappa shape index (κ1) is 11.3. The van der Waals surface area contributed by atoms with Crippen LogP contribution in [-0.2, 0) is 20.1 Å². The van der Waals surface area contributed by atoms with Gasteiger partial charge in [-0.1, -0.05) is 30.3 Å². The van der Waals surface area contributed by atoms with Gasteiger partial charge < -0.3 is 14.3 Å². The van der Waals surface area contributed by atoms with E-state index in [9.17, 15) is 4.79 Å². The van der Waals surface area contributed by atoms with Gasteiger partial charge in [0.05, 0.1) is 18.6 Å². The van der Waals surface area contributed by atoms with Gasteiger partial charge in [0.1, 0.15) is 6.29 Å². The van der Waals surface area contributed by atoms with Crippen molar-refractivity contribution in [3.8, 4) is 0 Å². The van der Waals surface area contributed by atoms with E-state index in [1.807, 2.05) is 44.2 Å². The summed E-state index contributed by atoms with van der Waals surface area (Å²) in [6, 6.07) is 9.76. The second-order valence-electron chi connectivity index (χ2n) is 4.66. The van der Waals surface area contributed by atoms with Crippen LogP contribution >= 0.6 is 0 Å². The molecule has 0 radical (unpaired) electrons. The van der Waals surface area contributed by atoms with Gasteiger partial charge in [-0.2, -0.15) is 0 Å². The van der Waals surface area contributed by atoms with Gasteiger partial charge in [-0.25, -0.2) is 0 Å². The number of aldehydes is 1. The summed E-state index contributed by atoms with van der Waals surface area (Å²) in [5.74, 6) is -0.732. The van der Waals surface area contributed by atoms with Crippen molar-refractivity contribution in [2.24, 2.45) is 5.41 Å². The Bertz CT molecular complexity index is 364. The van der Waals surface area contributed by atoms with Crippen molar-refractivity contribution in [3.63, 3.8) is 0 Å². The van der Waals surface area contributed by atoms with E-state index in [0.29, 0.717) is 13.2 Å². The third-order valence-electron chi connectivity index (χ3n) is 2.94. The van der Waals surface area contributed by atoms with Crippen LogP contribution in [0.4, 0.5) is 0 Å². The lowest BCUT2D eigenvalue weighted by molar-refractivity contribution is -0.293. The van der Waals surface area contributed by atoms with Crippen LogP contribution in [-0.4, -0.2) is 19.5 Å². The van der Waals surface area contributed by atoms with Crippen LogP contribution in [0.25, 0.3) is 0 Å². The minimum Gasteiger partial charge on any atom is -0.345 e. The smallest absolute Gasteiger partial charge is 0.191 e. The average molecular weight is 220 g/mol. The molecule has 0 N–H and O–H groups in total. The molecule has 0 aliphatic carbocycles. The third-order valence-corrected chi connectivity index (χ3v) is 2.94. The molecular weight excluding hydrogens is 204 g/mol. The Balaban J connectivity index is 2.16. The molecule has 1 aliphatic rings. The molecule has 0 saturated carbocycles. The van der Waals surface area contributed by atoms with Gasteiger partial charge in [-0.3, -0.25) is 0 Å². The highest BCUT2D eigenvalue weighted by atomic mass is 16.7. The summed E-state index contributed by atoms with van der Waals surface area (Å²) in [5.41, 5.74) is 0.455. The van der Waals surface area contributed by atoms with E-state index in [1.54, 1.807) is 0 Å². The number of ether oxygens (including phenoxy) is 2. The number of benzene rings is 1. The molecule has 1 aliphatic heterocycles. The van der Waals surface area contributed by atoms with Crippen molar-refractivity contribution in [1.29, 1.82) is 0 Å². The highest BCUT2D eigenvalue weighted by molar-refractivity contribution is 5.59. The van der Waals surface area contributed by atoms with E-state index in [4.69, 9.17) is 9.47 Å². The van der Waals surface area contributed by atoms with E-state index in [2.05, 4.69) is 0 Å². The van der Waals surface area contributed by atoms with Gasteiger partial charge in [-0.05, 0) is 13.8 Å². The third kappa shape index (κ3) is 2.01. The zero-order valence-corrected chi connectivity index (χ0v) is 9.60. The SMILES string of the molecule is CC1(C=O)COC(C)(c2ccccc2)OC1. The molecule has 1 heterocycles. The molecule has 0 aromatic heterocycles. The van der Waals surface area contributed by atoms with Gasteiger partial charge in [-0.15, -0.1) is 0 Å². The zero-order valence-electron chi connectivity index (χ0n) is 9.60. The summed E-state index contributed by atoms with van der Waals surface area (Å²) < 4.78 is 11.4. The highest BCUT2D eigenvalue weighted by Crippen LogP contribution is 2.35. The summed E-state index contributed by atoms with van der Waals surface area (Å²) in [6.45, 7) is 4.50. The van der Waals surface area contributed by atoms with Crippen molar-refractivity contribution in [3.05, 3.63) is 35.9 Å². The van der Waals surface area contributed by atoms with Crippen LogP contribution in [0.5, 0.6) is 0 Å². The van der Waals surface area contributed by atoms with Crippen molar-refractivity contribution >= 4 is 6.29 Å². The molecule has 1 saturated heterocycles. The lowest BCUT2D eigenvalue weighted by Crippen LogP contribution is -2.45. The first-order chi connectivity index (χ1) is 7.58. The first-order valence-electron chi connectivity index (χ1n) is 5.38. The molecule has 1 fully saturated rings. The molecule has 0 spiro atoms. The molecule has 2 rings (SSSR count). The maximum absolute atomic E-state index is 10.9. The summed E-state index contributed by atoms with van der Waals surface area (Å²) >= 11 is 0. The zero-order chi connectivity index (χ0) is 11.6. The van der Waals surface area contributed by atoms with Crippen LogP contribution in [0, 0.1) is 5.41 Å². The molecule has 1 aromatic carbocycles. The Morgan fingerprint density at radius 2 is 1.69 bits per heavy atom. The minimum absolute atomic E-state index is 0.391. The maximum Gasteiger partial charge on any atom is 0.191 e. The molecule has 3 nitrogen and oxygen atoms in total. The standard InChI is InChI=1S/C13H16O3/c1-12(8-14)9-15-13(2,16-10-12)11-6-4-3-5-7-11/h3-8H,9-10H2,1-2H3. The van der Waals surface area contributed by atoms with Crippen molar-refractivity contribution in [2.75, 3.05) is 13.2 Å². The molecule has 0 atom stereocenters. The van der Waals surface area contributed by atoms with Crippen molar-refractivity contribution in [2.45, 2.75) is 19.6 Å². The molecule has 0 amide bonds. The molecular formula is C13H16O3. The van der Waals surface area contributed by atoms with Crippen molar-refractivity contribution < 1.29 is 14.3 Å². The number of rotatable bonds is 2. The first-order valence-corrected chi connectivity index (χ1v) is 5.38. The van der Waals surface area contributed by atoms with Crippen molar-refractivity contribution in [1.82, 2.24) is 0 Å². The largest absolute Gasteiger partial charge is 0.345 e. The summed E-state index contributed by atoms with van der Waals surface area (Å²) in [5, 5.41) is 0. The van der Waals surface area contributed by atoms with Crippen LogP contribution in [0.3, 0.4) is 0 Å².